The number of carbonyl (C=O) groups is 1. The van der Waals surface area contributed by atoms with E-state index >= 15 is 0 Å². The van der Waals surface area contributed by atoms with Crippen LogP contribution in [0.1, 0.15) is 18.9 Å². The summed E-state index contributed by atoms with van der Waals surface area (Å²) in [6, 6.07) is 7.45. The van der Waals surface area contributed by atoms with Crippen molar-refractivity contribution in [1.29, 1.82) is 0 Å². The summed E-state index contributed by atoms with van der Waals surface area (Å²) in [7, 11) is 1.59. The number of methoxy groups -OCH3 is 1. The number of rotatable bonds is 6. The Morgan fingerprint density at radius 2 is 2.28 bits per heavy atom. The molecule has 0 aliphatic rings. The maximum atomic E-state index is 11.2. The Labute approximate surface area is 112 Å². The molecule has 0 saturated heterocycles. The first-order valence-electron chi connectivity index (χ1n) is 5.68. The third-order valence-electron chi connectivity index (χ3n) is 2.72. The predicted molar refractivity (Wildman–Crippen MR) is 72.1 cm³/mol. The van der Waals surface area contributed by atoms with Crippen LogP contribution in [-0.4, -0.2) is 18.2 Å². The van der Waals surface area contributed by atoms with Crippen molar-refractivity contribution in [3.05, 3.63) is 40.9 Å². The maximum absolute atomic E-state index is 11.2. The van der Waals surface area contributed by atoms with E-state index in [0.717, 1.165) is 16.9 Å². The van der Waals surface area contributed by atoms with Gasteiger partial charge in [-0.3, -0.25) is 4.79 Å². The lowest BCUT2D eigenvalue weighted by atomic mass is 9.93. The number of benzene rings is 1. The van der Waals surface area contributed by atoms with E-state index in [-0.39, 0.29) is 0 Å². The standard InChI is InChI=1S/C14H17ClO3/c1-10(9-15)6-12(14(16)17)7-11-4-3-5-13(8-11)18-2/h3-5,8-9,12H,6-7H2,1-2H3,(H,16,17)/b10-9+. The minimum Gasteiger partial charge on any atom is -0.497 e. The lowest BCUT2D eigenvalue weighted by Crippen LogP contribution is -2.16. The second-order valence-electron chi connectivity index (χ2n) is 4.25. The third-order valence-corrected chi connectivity index (χ3v) is 3.09. The quantitative estimate of drug-likeness (QED) is 0.859. The Morgan fingerprint density at radius 1 is 1.56 bits per heavy atom. The summed E-state index contributed by atoms with van der Waals surface area (Å²) in [5.41, 5.74) is 3.25. The first kappa shape index (κ1) is 14.6. The molecule has 3 nitrogen and oxygen atoms in total. The van der Waals surface area contributed by atoms with Crippen molar-refractivity contribution in [3.8, 4) is 5.75 Å². The molecule has 4 heteroatoms. The number of hydrogen-bond acceptors (Lipinski definition) is 2. The highest BCUT2D eigenvalue weighted by Crippen LogP contribution is 2.20. The first-order chi connectivity index (χ1) is 8.56. The Hall–Kier alpha value is -1.48. The molecule has 0 spiro atoms. The van der Waals surface area contributed by atoms with Gasteiger partial charge < -0.3 is 9.84 Å². The smallest absolute Gasteiger partial charge is 0.307 e. The van der Waals surface area contributed by atoms with Crippen LogP contribution in [0.5, 0.6) is 5.75 Å². The van der Waals surface area contributed by atoms with Crippen LogP contribution in [-0.2, 0) is 11.2 Å². The Bertz CT molecular complexity index is 440. The van der Waals surface area contributed by atoms with E-state index in [9.17, 15) is 9.90 Å². The summed E-state index contributed by atoms with van der Waals surface area (Å²) in [6.07, 6.45) is 0.921. The summed E-state index contributed by atoms with van der Waals surface area (Å²) >= 11 is 5.58. The van der Waals surface area contributed by atoms with Gasteiger partial charge >= 0.3 is 5.97 Å². The van der Waals surface area contributed by atoms with Gasteiger partial charge in [-0.2, -0.15) is 0 Å². The molecule has 1 N–H and O–H groups in total. The van der Waals surface area contributed by atoms with Crippen LogP contribution in [0, 0.1) is 5.92 Å². The molecule has 1 aromatic carbocycles. The molecule has 0 aliphatic heterocycles. The van der Waals surface area contributed by atoms with E-state index in [2.05, 4.69) is 0 Å². The zero-order valence-corrected chi connectivity index (χ0v) is 11.3. The third kappa shape index (κ3) is 4.41. The van der Waals surface area contributed by atoms with E-state index in [0.29, 0.717) is 12.8 Å². The van der Waals surface area contributed by atoms with E-state index < -0.39 is 11.9 Å². The van der Waals surface area contributed by atoms with Crippen LogP contribution < -0.4 is 4.74 Å². The van der Waals surface area contributed by atoms with Crippen molar-refractivity contribution in [2.45, 2.75) is 19.8 Å². The summed E-state index contributed by atoms with van der Waals surface area (Å²) in [6.45, 7) is 1.83. The molecule has 0 saturated carbocycles. The van der Waals surface area contributed by atoms with Crippen molar-refractivity contribution in [2.75, 3.05) is 7.11 Å². The predicted octanol–water partition coefficient (Wildman–Crippen LogP) is 3.47. The molecular formula is C14H17ClO3. The molecule has 1 rings (SSSR count). The molecular weight excluding hydrogens is 252 g/mol. The summed E-state index contributed by atoms with van der Waals surface area (Å²) in [5.74, 6) is -0.538. The molecule has 0 fully saturated rings. The van der Waals surface area contributed by atoms with E-state index in [1.54, 1.807) is 7.11 Å². The van der Waals surface area contributed by atoms with Crippen LogP contribution >= 0.6 is 11.6 Å². The first-order valence-corrected chi connectivity index (χ1v) is 6.12. The largest absolute Gasteiger partial charge is 0.497 e. The van der Waals surface area contributed by atoms with Crippen molar-refractivity contribution < 1.29 is 14.6 Å². The van der Waals surface area contributed by atoms with Crippen LogP contribution in [0.25, 0.3) is 0 Å². The van der Waals surface area contributed by atoms with Gasteiger partial charge in [-0.15, -0.1) is 0 Å². The Morgan fingerprint density at radius 3 is 2.83 bits per heavy atom. The number of halogens is 1. The van der Waals surface area contributed by atoms with Gasteiger partial charge in [0.1, 0.15) is 5.75 Å². The molecule has 0 bridgehead atoms. The molecule has 0 aromatic heterocycles. The van der Waals surface area contributed by atoms with Gasteiger partial charge in [0.15, 0.2) is 0 Å². The molecule has 0 aliphatic carbocycles. The fourth-order valence-electron chi connectivity index (χ4n) is 1.76. The van der Waals surface area contributed by atoms with Crippen LogP contribution in [0.15, 0.2) is 35.4 Å². The van der Waals surface area contributed by atoms with Gasteiger partial charge in [-0.05, 0) is 37.5 Å². The molecule has 18 heavy (non-hydrogen) atoms. The number of hydrogen-bond donors (Lipinski definition) is 1. The second-order valence-corrected chi connectivity index (χ2v) is 4.47. The zero-order chi connectivity index (χ0) is 13.5. The topological polar surface area (TPSA) is 46.5 Å². The minimum atomic E-state index is -0.810. The Kier molecular flexibility index (Phi) is 5.72. The normalized spacial score (nSPS) is 13.2. The Balaban J connectivity index is 2.79. The van der Waals surface area contributed by atoms with Crippen LogP contribution in [0.3, 0.4) is 0 Å². The lowest BCUT2D eigenvalue weighted by molar-refractivity contribution is -0.141. The molecule has 1 atom stereocenters. The SMILES string of the molecule is COc1cccc(CC(C/C(C)=C/Cl)C(=O)O)c1. The molecule has 0 heterocycles. The van der Waals surface area contributed by atoms with E-state index in [4.69, 9.17) is 16.3 Å². The van der Waals surface area contributed by atoms with Crippen LogP contribution in [0.2, 0.25) is 0 Å². The summed E-state index contributed by atoms with van der Waals surface area (Å²) in [4.78, 5) is 11.2. The van der Waals surface area contributed by atoms with Crippen molar-refractivity contribution >= 4 is 17.6 Å². The fourth-order valence-corrected chi connectivity index (χ4v) is 1.85. The van der Waals surface area contributed by atoms with Gasteiger partial charge in [0.05, 0.1) is 13.0 Å². The summed E-state index contributed by atoms with van der Waals surface area (Å²) in [5, 5.41) is 9.20. The fraction of sp³-hybridized carbons (Fsp3) is 0.357. The van der Waals surface area contributed by atoms with Gasteiger partial charge in [-0.25, -0.2) is 0 Å². The molecule has 98 valence electrons. The highest BCUT2D eigenvalue weighted by Gasteiger charge is 2.18. The molecule has 0 radical (unpaired) electrons. The highest BCUT2D eigenvalue weighted by atomic mass is 35.5. The number of carboxylic acid groups (broad SMARTS) is 1. The lowest BCUT2D eigenvalue weighted by Gasteiger charge is -2.13. The van der Waals surface area contributed by atoms with Crippen molar-refractivity contribution in [1.82, 2.24) is 0 Å². The molecule has 1 unspecified atom stereocenters. The van der Waals surface area contributed by atoms with Crippen molar-refractivity contribution in [2.24, 2.45) is 5.92 Å². The zero-order valence-electron chi connectivity index (χ0n) is 10.5. The molecule has 0 amide bonds. The van der Waals surface area contributed by atoms with Gasteiger partial charge in [0.2, 0.25) is 0 Å². The maximum Gasteiger partial charge on any atom is 0.307 e. The number of allylic oxidation sites excluding steroid dienone is 1. The average molecular weight is 269 g/mol. The van der Waals surface area contributed by atoms with E-state index in [1.165, 1.54) is 5.54 Å². The summed E-state index contributed by atoms with van der Waals surface area (Å²) < 4.78 is 5.12. The van der Waals surface area contributed by atoms with Crippen LogP contribution in [0.4, 0.5) is 0 Å². The van der Waals surface area contributed by atoms with Gasteiger partial charge in [0, 0.05) is 5.54 Å². The van der Waals surface area contributed by atoms with E-state index in [1.807, 2.05) is 31.2 Å². The average Bonchev–Trinajstić information content (AvgIpc) is 2.37. The van der Waals surface area contributed by atoms with Crippen molar-refractivity contribution in [3.63, 3.8) is 0 Å². The number of carboxylic acids is 1. The van der Waals surface area contributed by atoms with Gasteiger partial charge in [0.25, 0.3) is 0 Å². The highest BCUT2D eigenvalue weighted by molar-refractivity contribution is 6.25. The number of aliphatic carboxylic acids is 1. The monoisotopic (exact) mass is 268 g/mol. The second kappa shape index (κ2) is 7.07. The number of ether oxygens (including phenoxy) is 1. The molecule has 1 aromatic rings. The minimum absolute atomic E-state index is 0.454. The van der Waals surface area contributed by atoms with Gasteiger partial charge in [-0.1, -0.05) is 29.3 Å².